The maximum atomic E-state index is 11.8. The number of ether oxygens (including phenoxy) is 1. The van der Waals surface area contributed by atoms with Crippen molar-refractivity contribution in [2.24, 2.45) is 11.3 Å². The molecule has 0 bridgehead atoms. The van der Waals surface area contributed by atoms with Crippen LogP contribution in [-0.2, 0) is 9.53 Å². The summed E-state index contributed by atoms with van der Waals surface area (Å²) in [6.45, 7) is 0. The summed E-state index contributed by atoms with van der Waals surface area (Å²) in [6.07, 6.45) is 9.69. The summed E-state index contributed by atoms with van der Waals surface area (Å²) in [7, 11) is 0. The highest BCUT2D eigenvalue weighted by atomic mass is 16.6. The molecular formula is C16H25NO4. The van der Waals surface area contributed by atoms with Crippen LogP contribution < -0.4 is 5.32 Å². The molecular weight excluding hydrogens is 270 g/mol. The fraction of sp³-hybridized carbons (Fsp3) is 0.875. The van der Waals surface area contributed by atoms with Gasteiger partial charge in [0, 0.05) is 6.04 Å². The van der Waals surface area contributed by atoms with Crippen molar-refractivity contribution in [3.05, 3.63) is 0 Å². The smallest absolute Gasteiger partial charge is 0.407 e. The van der Waals surface area contributed by atoms with Crippen molar-refractivity contribution in [2.75, 3.05) is 0 Å². The largest absolute Gasteiger partial charge is 0.481 e. The van der Waals surface area contributed by atoms with Crippen molar-refractivity contribution in [3.8, 4) is 0 Å². The van der Waals surface area contributed by atoms with Crippen LogP contribution in [-0.4, -0.2) is 29.3 Å². The number of carbonyl (C=O) groups is 2. The molecule has 0 aliphatic heterocycles. The molecule has 3 aliphatic carbocycles. The van der Waals surface area contributed by atoms with E-state index in [0.717, 1.165) is 64.2 Å². The third-order valence-corrected chi connectivity index (χ3v) is 5.65. The average Bonchev–Trinajstić information content (AvgIpc) is 2.90. The Morgan fingerprint density at radius 1 is 1.05 bits per heavy atom. The lowest BCUT2D eigenvalue weighted by molar-refractivity contribution is -0.144. The van der Waals surface area contributed by atoms with Gasteiger partial charge in [-0.1, -0.05) is 0 Å². The molecule has 3 rings (SSSR count). The highest BCUT2D eigenvalue weighted by Gasteiger charge is 2.47. The number of hydrogen-bond donors (Lipinski definition) is 2. The number of carbonyl (C=O) groups excluding carboxylic acids is 1. The van der Waals surface area contributed by atoms with Crippen LogP contribution in [0.1, 0.15) is 64.2 Å². The first-order valence-electron chi connectivity index (χ1n) is 8.26. The first-order chi connectivity index (χ1) is 10.1. The van der Waals surface area contributed by atoms with Crippen LogP contribution in [0.4, 0.5) is 4.79 Å². The van der Waals surface area contributed by atoms with Gasteiger partial charge in [0.1, 0.15) is 6.10 Å². The Labute approximate surface area is 125 Å². The predicted octanol–water partition coefficient (Wildman–Crippen LogP) is 3.08. The maximum Gasteiger partial charge on any atom is 0.407 e. The van der Waals surface area contributed by atoms with Crippen molar-refractivity contribution < 1.29 is 19.4 Å². The van der Waals surface area contributed by atoms with E-state index in [4.69, 9.17) is 9.84 Å². The second kappa shape index (κ2) is 5.85. The van der Waals surface area contributed by atoms with Gasteiger partial charge >= 0.3 is 12.1 Å². The summed E-state index contributed by atoms with van der Waals surface area (Å²) >= 11 is 0. The van der Waals surface area contributed by atoms with E-state index in [2.05, 4.69) is 5.32 Å². The van der Waals surface area contributed by atoms with Crippen molar-refractivity contribution >= 4 is 12.1 Å². The number of carboxylic acids is 1. The molecule has 3 aliphatic rings. The van der Waals surface area contributed by atoms with Gasteiger partial charge in [-0.3, -0.25) is 4.79 Å². The van der Waals surface area contributed by atoms with Crippen LogP contribution in [0.15, 0.2) is 0 Å². The van der Waals surface area contributed by atoms with Crippen LogP contribution in [0.3, 0.4) is 0 Å². The second-order valence-corrected chi connectivity index (χ2v) is 7.17. The van der Waals surface area contributed by atoms with Gasteiger partial charge in [-0.25, -0.2) is 4.79 Å². The summed E-state index contributed by atoms with van der Waals surface area (Å²) < 4.78 is 5.41. The van der Waals surface area contributed by atoms with Crippen molar-refractivity contribution in [3.63, 3.8) is 0 Å². The van der Waals surface area contributed by atoms with E-state index < -0.39 is 5.97 Å². The van der Waals surface area contributed by atoms with Crippen molar-refractivity contribution in [1.82, 2.24) is 5.32 Å². The highest BCUT2D eigenvalue weighted by molar-refractivity contribution is 5.70. The lowest BCUT2D eigenvalue weighted by atomic mass is 9.57. The normalized spacial score (nSPS) is 36.2. The van der Waals surface area contributed by atoms with Crippen LogP contribution in [0.2, 0.25) is 0 Å². The molecule has 0 radical (unpaired) electrons. The van der Waals surface area contributed by atoms with Crippen LogP contribution in [0, 0.1) is 11.3 Å². The molecule has 3 saturated carbocycles. The van der Waals surface area contributed by atoms with Gasteiger partial charge in [-0.15, -0.1) is 0 Å². The monoisotopic (exact) mass is 295 g/mol. The Morgan fingerprint density at radius 2 is 1.67 bits per heavy atom. The number of alkyl carbamates (subject to hydrolysis) is 1. The molecule has 0 saturated heterocycles. The fourth-order valence-electron chi connectivity index (χ4n) is 4.33. The average molecular weight is 295 g/mol. The number of rotatable bonds is 3. The van der Waals surface area contributed by atoms with Crippen LogP contribution in [0.25, 0.3) is 0 Å². The van der Waals surface area contributed by atoms with Gasteiger partial charge in [-0.2, -0.15) is 0 Å². The quantitative estimate of drug-likeness (QED) is 0.839. The van der Waals surface area contributed by atoms with Crippen LogP contribution in [0.5, 0.6) is 0 Å². The van der Waals surface area contributed by atoms with E-state index in [9.17, 15) is 9.59 Å². The summed E-state index contributed by atoms with van der Waals surface area (Å²) in [6, 6.07) is 0.222. The Morgan fingerprint density at radius 3 is 2.24 bits per heavy atom. The zero-order chi connectivity index (χ0) is 14.9. The molecule has 21 heavy (non-hydrogen) atoms. The summed E-state index contributed by atoms with van der Waals surface area (Å²) in [5.74, 6) is -0.811. The minimum Gasteiger partial charge on any atom is -0.481 e. The standard InChI is InChI=1S/C16H25NO4/c18-14(19)11-5-7-16(8-6-11)9-12(10-16)17-15(20)21-13-3-1-2-4-13/h11-13H,1-10H2,(H,17,20)(H,18,19). The van der Waals surface area contributed by atoms with Crippen molar-refractivity contribution in [2.45, 2.75) is 76.4 Å². The topological polar surface area (TPSA) is 75.6 Å². The SMILES string of the molecule is O=C(NC1CC2(CCC(C(=O)O)CC2)C1)OC1CCCC1. The molecule has 0 heterocycles. The molecule has 5 nitrogen and oxygen atoms in total. The third-order valence-electron chi connectivity index (χ3n) is 5.65. The molecule has 3 fully saturated rings. The lowest BCUT2D eigenvalue weighted by Gasteiger charge is -2.51. The van der Waals surface area contributed by atoms with E-state index in [1.165, 1.54) is 0 Å². The van der Waals surface area contributed by atoms with E-state index in [1.54, 1.807) is 0 Å². The number of aliphatic carboxylic acids is 1. The third kappa shape index (κ3) is 3.33. The van der Waals surface area contributed by atoms with Gasteiger partial charge in [0.2, 0.25) is 0 Å². The summed E-state index contributed by atoms with van der Waals surface area (Å²) in [5, 5.41) is 12.0. The second-order valence-electron chi connectivity index (χ2n) is 7.17. The molecule has 5 heteroatoms. The molecule has 0 atom stereocenters. The Kier molecular flexibility index (Phi) is 4.09. The van der Waals surface area contributed by atoms with Gasteiger partial charge in [0.15, 0.2) is 0 Å². The minimum absolute atomic E-state index is 0.116. The molecule has 0 aromatic carbocycles. The summed E-state index contributed by atoms with van der Waals surface area (Å²) in [5.41, 5.74) is 0.289. The van der Waals surface area contributed by atoms with E-state index in [-0.39, 0.29) is 29.6 Å². The molecule has 2 N–H and O–H groups in total. The van der Waals surface area contributed by atoms with Gasteiger partial charge in [0.25, 0.3) is 0 Å². The lowest BCUT2D eigenvalue weighted by Crippen LogP contribution is -2.52. The van der Waals surface area contributed by atoms with Gasteiger partial charge in [-0.05, 0) is 69.6 Å². The maximum absolute atomic E-state index is 11.8. The summed E-state index contributed by atoms with van der Waals surface area (Å²) in [4.78, 5) is 22.8. The molecule has 0 aromatic rings. The van der Waals surface area contributed by atoms with E-state index in [1.807, 2.05) is 0 Å². The van der Waals surface area contributed by atoms with Crippen molar-refractivity contribution in [1.29, 1.82) is 0 Å². The van der Waals surface area contributed by atoms with E-state index >= 15 is 0 Å². The fourth-order valence-corrected chi connectivity index (χ4v) is 4.33. The highest BCUT2D eigenvalue weighted by Crippen LogP contribution is 2.52. The minimum atomic E-state index is -0.654. The van der Waals surface area contributed by atoms with E-state index in [0.29, 0.717) is 0 Å². The van der Waals surface area contributed by atoms with Gasteiger partial charge < -0.3 is 15.2 Å². The Hall–Kier alpha value is -1.26. The number of nitrogens with one attached hydrogen (secondary N) is 1. The van der Waals surface area contributed by atoms with Gasteiger partial charge in [0.05, 0.1) is 5.92 Å². The molecule has 1 amide bonds. The predicted molar refractivity (Wildman–Crippen MR) is 76.9 cm³/mol. The number of hydrogen-bond acceptors (Lipinski definition) is 3. The first-order valence-corrected chi connectivity index (χ1v) is 8.26. The molecule has 0 aromatic heterocycles. The first kappa shape index (κ1) is 14.7. The zero-order valence-electron chi connectivity index (χ0n) is 12.5. The Balaban J connectivity index is 1.37. The molecule has 0 unspecified atom stereocenters. The zero-order valence-corrected chi connectivity index (χ0v) is 12.5. The number of carboxylic acid groups (broad SMARTS) is 1. The Bertz CT molecular complexity index is 401. The van der Waals surface area contributed by atoms with Crippen LogP contribution >= 0.6 is 0 Å². The number of amides is 1. The molecule has 118 valence electrons. The molecule has 1 spiro atoms.